The Bertz CT molecular complexity index is 675. The third-order valence-electron chi connectivity index (χ3n) is 2.57. The first kappa shape index (κ1) is 9.89. The van der Waals surface area contributed by atoms with Crippen LogP contribution in [0.15, 0.2) is 36.5 Å². The van der Waals surface area contributed by atoms with Gasteiger partial charge in [-0.2, -0.15) is 0 Å². The lowest BCUT2D eigenvalue weighted by atomic mass is 10.3. The van der Waals surface area contributed by atoms with E-state index in [-0.39, 0.29) is 0 Å². The summed E-state index contributed by atoms with van der Waals surface area (Å²) in [6.45, 7) is 0. The summed E-state index contributed by atoms with van der Waals surface area (Å²) in [4.78, 5) is 4.56. The molecule has 2 heterocycles. The highest BCUT2D eigenvalue weighted by Crippen LogP contribution is 2.22. The second-order valence-electron chi connectivity index (χ2n) is 3.54. The van der Waals surface area contributed by atoms with Crippen molar-refractivity contribution in [3.8, 4) is 5.75 Å². The van der Waals surface area contributed by atoms with Crippen molar-refractivity contribution < 1.29 is 4.74 Å². The molecule has 0 aliphatic heterocycles. The van der Waals surface area contributed by atoms with Crippen molar-refractivity contribution in [1.29, 1.82) is 0 Å². The first-order valence-corrected chi connectivity index (χ1v) is 5.97. The number of halogens is 1. The minimum absolute atomic E-state index is 0.839. The van der Waals surface area contributed by atoms with Crippen LogP contribution in [-0.2, 0) is 0 Å². The maximum atomic E-state index is 5.19. The highest BCUT2D eigenvalue weighted by atomic mass is 127. The van der Waals surface area contributed by atoms with E-state index in [1.165, 1.54) is 3.57 Å². The SMILES string of the molecule is COc1ccc2c(c1)nc1cc(I)ccn12. The molecule has 0 bridgehead atoms. The van der Waals surface area contributed by atoms with Crippen LogP contribution in [0.3, 0.4) is 0 Å². The highest BCUT2D eigenvalue weighted by Gasteiger charge is 2.05. The van der Waals surface area contributed by atoms with Gasteiger partial charge in [-0.25, -0.2) is 4.98 Å². The standard InChI is InChI=1S/C12H9IN2O/c1-16-9-2-3-11-10(7-9)14-12-6-8(13)4-5-15(11)12/h2-7H,1H3. The lowest BCUT2D eigenvalue weighted by molar-refractivity contribution is 0.415. The van der Waals surface area contributed by atoms with Gasteiger partial charge in [-0.15, -0.1) is 0 Å². The fraction of sp³-hybridized carbons (Fsp3) is 0.0833. The van der Waals surface area contributed by atoms with E-state index in [0.29, 0.717) is 0 Å². The molecule has 80 valence electrons. The molecule has 0 saturated carbocycles. The number of methoxy groups -OCH3 is 1. The molecule has 0 atom stereocenters. The van der Waals surface area contributed by atoms with Crippen LogP contribution in [0.1, 0.15) is 0 Å². The molecule has 3 aromatic rings. The predicted octanol–water partition coefficient (Wildman–Crippen LogP) is 3.10. The van der Waals surface area contributed by atoms with Crippen molar-refractivity contribution in [2.45, 2.75) is 0 Å². The minimum Gasteiger partial charge on any atom is -0.497 e. The van der Waals surface area contributed by atoms with Crippen LogP contribution in [0.4, 0.5) is 0 Å². The molecule has 16 heavy (non-hydrogen) atoms. The van der Waals surface area contributed by atoms with Gasteiger partial charge >= 0.3 is 0 Å². The minimum atomic E-state index is 0.839. The summed E-state index contributed by atoms with van der Waals surface area (Å²) >= 11 is 2.29. The van der Waals surface area contributed by atoms with Gasteiger partial charge in [0, 0.05) is 15.8 Å². The Balaban J connectivity index is 2.40. The Labute approximate surface area is 106 Å². The zero-order valence-corrected chi connectivity index (χ0v) is 10.8. The van der Waals surface area contributed by atoms with E-state index >= 15 is 0 Å². The average molecular weight is 324 g/mol. The van der Waals surface area contributed by atoms with Crippen molar-refractivity contribution in [1.82, 2.24) is 9.38 Å². The Morgan fingerprint density at radius 2 is 2.12 bits per heavy atom. The van der Waals surface area contributed by atoms with Gasteiger partial charge in [0.05, 0.1) is 18.1 Å². The molecule has 1 aromatic carbocycles. The summed E-state index contributed by atoms with van der Waals surface area (Å²) in [5, 5.41) is 0. The van der Waals surface area contributed by atoms with Crippen LogP contribution in [0.2, 0.25) is 0 Å². The van der Waals surface area contributed by atoms with E-state index in [0.717, 1.165) is 22.4 Å². The number of imidazole rings is 1. The number of pyridine rings is 1. The normalized spacial score (nSPS) is 11.1. The maximum absolute atomic E-state index is 5.19. The second-order valence-corrected chi connectivity index (χ2v) is 4.79. The van der Waals surface area contributed by atoms with Crippen LogP contribution in [0, 0.1) is 3.57 Å². The topological polar surface area (TPSA) is 26.5 Å². The summed E-state index contributed by atoms with van der Waals surface area (Å²) in [6.07, 6.45) is 2.04. The van der Waals surface area contributed by atoms with Gasteiger partial charge < -0.3 is 4.74 Å². The molecule has 0 saturated heterocycles. The summed E-state index contributed by atoms with van der Waals surface area (Å²) in [5.74, 6) is 0.839. The molecule has 4 heteroatoms. The molecule has 0 fully saturated rings. The number of hydrogen-bond donors (Lipinski definition) is 0. The molecular weight excluding hydrogens is 315 g/mol. The monoisotopic (exact) mass is 324 g/mol. The third kappa shape index (κ3) is 1.44. The Morgan fingerprint density at radius 1 is 1.25 bits per heavy atom. The molecule has 0 amide bonds. The number of aromatic nitrogens is 2. The highest BCUT2D eigenvalue weighted by molar-refractivity contribution is 14.1. The van der Waals surface area contributed by atoms with Gasteiger partial charge in [0.15, 0.2) is 0 Å². The van der Waals surface area contributed by atoms with Gasteiger partial charge in [-0.05, 0) is 46.9 Å². The third-order valence-corrected chi connectivity index (χ3v) is 3.24. The molecule has 0 unspecified atom stereocenters. The number of ether oxygens (including phenoxy) is 1. The summed E-state index contributed by atoms with van der Waals surface area (Å²) in [6, 6.07) is 10.1. The summed E-state index contributed by atoms with van der Waals surface area (Å²) in [5.41, 5.74) is 3.03. The first-order chi connectivity index (χ1) is 7.78. The van der Waals surface area contributed by atoms with E-state index in [1.54, 1.807) is 7.11 Å². The molecular formula is C12H9IN2O. The maximum Gasteiger partial charge on any atom is 0.138 e. The average Bonchev–Trinajstić information content (AvgIpc) is 2.64. The zero-order valence-electron chi connectivity index (χ0n) is 8.64. The lowest BCUT2D eigenvalue weighted by Crippen LogP contribution is -1.84. The van der Waals surface area contributed by atoms with Crippen LogP contribution in [-0.4, -0.2) is 16.5 Å². The van der Waals surface area contributed by atoms with E-state index in [2.05, 4.69) is 44.1 Å². The number of benzene rings is 1. The Hall–Kier alpha value is -1.30. The molecule has 0 radical (unpaired) electrons. The van der Waals surface area contributed by atoms with Crippen molar-refractivity contribution in [2.75, 3.05) is 7.11 Å². The molecule has 3 rings (SSSR count). The van der Waals surface area contributed by atoms with Gasteiger partial charge in [0.25, 0.3) is 0 Å². The van der Waals surface area contributed by atoms with Crippen molar-refractivity contribution in [3.05, 3.63) is 40.1 Å². The Kier molecular flexibility index (Phi) is 2.24. The first-order valence-electron chi connectivity index (χ1n) is 4.89. The lowest BCUT2D eigenvalue weighted by Gasteiger charge is -1.98. The molecule has 0 aliphatic carbocycles. The van der Waals surface area contributed by atoms with E-state index in [4.69, 9.17) is 4.74 Å². The zero-order chi connectivity index (χ0) is 11.1. The van der Waals surface area contributed by atoms with E-state index in [1.807, 2.05) is 24.4 Å². The van der Waals surface area contributed by atoms with Crippen molar-refractivity contribution in [3.63, 3.8) is 0 Å². The van der Waals surface area contributed by atoms with Crippen molar-refractivity contribution in [2.24, 2.45) is 0 Å². The van der Waals surface area contributed by atoms with Gasteiger partial charge in [-0.1, -0.05) is 0 Å². The number of hydrogen-bond acceptors (Lipinski definition) is 2. The van der Waals surface area contributed by atoms with Crippen LogP contribution < -0.4 is 4.74 Å². The quantitative estimate of drug-likeness (QED) is 0.643. The molecule has 3 nitrogen and oxygen atoms in total. The van der Waals surface area contributed by atoms with Gasteiger partial charge in [0.1, 0.15) is 11.4 Å². The molecule has 0 N–H and O–H groups in total. The van der Waals surface area contributed by atoms with Crippen molar-refractivity contribution >= 4 is 39.3 Å². The van der Waals surface area contributed by atoms with Crippen LogP contribution in [0.25, 0.3) is 16.7 Å². The Morgan fingerprint density at radius 3 is 2.94 bits per heavy atom. The number of nitrogens with zero attached hydrogens (tertiary/aromatic N) is 2. The van der Waals surface area contributed by atoms with Gasteiger partial charge in [-0.3, -0.25) is 4.40 Å². The molecule has 0 spiro atoms. The van der Waals surface area contributed by atoms with E-state index < -0.39 is 0 Å². The van der Waals surface area contributed by atoms with Gasteiger partial charge in [0.2, 0.25) is 0 Å². The molecule has 0 aliphatic rings. The van der Waals surface area contributed by atoms with Crippen LogP contribution >= 0.6 is 22.6 Å². The van der Waals surface area contributed by atoms with Crippen LogP contribution in [0.5, 0.6) is 5.75 Å². The number of rotatable bonds is 1. The molecule has 2 aromatic heterocycles. The summed E-state index contributed by atoms with van der Waals surface area (Å²) in [7, 11) is 1.67. The smallest absolute Gasteiger partial charge is 0.138 e. The predicted molar refractivity (Wildman–Crippen MR) is 72.0 cm³/mol. The fourth-order valence-electron chi connectivity index (χ4n) is 1.80. The van der Waals surface area contributed by atoms with E-state index in [9.17, 15) is 0 Å². The summed E-state index contributed by atoms with van der Waals surface area (Å²) < 4.78 is 8.46. The number of fused-ring (bicyclic) bond motifs is 3. The largest absolute Gasteiger partial charge is 0.497 e. The fourth-order valence-corrected chi connectivity index (χ4v) is 2.24. The second kappa shape index (κ2) is 3.62.